The number of hydrogen-bond donors (Lipinski definition) is 1. The molecule has 0 spiro atoms. The van der Waals surface area contributed by atoms with Crippen LogP contribution < -0.4 is 5.32 Å². The second-order valence-corrected chi connectivity index (χ2v) is 4.40. The van der Waals surface area contributed by atoms with Crippen LogP contribution in [0.2, 0.25) is 5.02 Å². The lowest BCUT2D eigenvalue weighted by Crippen LogP contribution is -2.16. The SMILES string of the molecule is CCNCC1CC1c1ccc(Cl)cc1. The van der Waals surface area contributed by atoms with Gasteiger partial charge in [-0.15, -0.1) is 0 Å². The normalized spacial score (nSPS) is 25.0. The molecule has 1 N–H and O–H groups in total. The Morgan fingerprint density at radius 2 is 2.07 bits per heavy atom. The van der Waals surface area contributed by atoms with Crippen molar-refractivity contribution in [2.75, 3.05) is 13.1 Å². The van der Waals surface area contributed by atoms with Crippen molar-refractivity contribution in [1.82, 2.24) is 5.32 Å². The maximum Gasteiger partial charge on any atom is 0.0406 e. The third kappa shape index (κ3) is 2.28. The molecule has 1 aromatic rings. The van der Waals surface area contributed by atoms with E-state index in [1.54, 1.807) is 0 Å². The molecule has 1 aliphatic rings. The molecule has 1 fully saturated rings. The van der Waals surface area contributed by atoms with Gasteiger partial charge < -0.3 is 5.32 Å². The van der Waals surface area contributed by atoms with Gasteiger partial charge in [-0.1, -0.05) is 30.7 Å². The van der Waals surface area contributed by atoms with Crippen molar-refractivity contribution in [2.45, 2.75) is 19.3 Å². The summed E-state index contributed by atoms with van der Waals surface area (Å²) < 4.78 is 0. The second-order valence-electron chi connectivity index (χ2n) is 3.96. The molecular weight excluding hydrogens is 194 g/mol. The highest BCUT2D eigenvalue weighted by molar-refractivity contribution is 6.30. The smallest absolute Gasteiger partial charge is 0.0406 e. The fourth-order valence-corrected chi connectivity index (χ4v) is 2.05. The van der Waals surface area contributed by atoms with Crippen LogP contribution in [0.4, 0.5) is 0 Å². The maximum atomic E-state index is 5.84. The van der Waals surface area contributed by atoms with Gasteiger partial charge in [0.1, 0.15) is 0 Å². The van der Waals surface area contributed by atoms with E-state index in [-0.39, 0.29) is 0 Å². The van der Waals surface area contributed by atoms with E-state index in [9.17, 15) is 0 Å². The predicted octanol–water partition coefficient (Wildman–Crippen LogP) is 3.05. The third-order valence-electron chi connectivity index (χ3n) is 2.88. The lowest BCUT2D eigenvalue weighted by molar-refractivity contribution is 0.649. The molecular formula is C12H16ClN. The van der Waals surface area contributed by atoms with Gasteiger partial charge in [0.05, 0.1) is 0 Å². The van der Waals surface area contributed by atoms with Crippen molar-refractivity contribution in [3.8, 4) is 0 Å². The van der Waals surface area contributed by atoms with Crippen LogP contribution >= 0.6 is 11.6 Å². The number of halogens is 1. The van der Waals surface area contributed by atoms with E-state index in [1.807, 2.05) is 12.1 Å². The molecule has 2 atom stereocenters. The van der Waals surface area contributed by atoms with Gasteiger partial charge >= 0.3 is 0 Å². The molecule has 0 radical (unpaired) electrons. The largest absolute Gasteiger partial charge is 0.317 e. The number of benzene rings is 1. The summed E-state index contributed by atoms with van der Waals surface area (Å²) in [6.07, 6.45) is 1.33. The Labute approximate surface area is 90.5 Å². The van der Waals surface area contributed by atoms with Crippen molar-refractivity contribution in [2.24, 2.45) is 5.92 Å². The molecule has 0 aromatic heterocycles. The molecule has 2 rings (SSSR count). The molecule has 1 aliphatic carbocycles. The summed E-state index contributed by atoms with van der Waals surface area (Å²) in [5.41, 5.74) is 1.44. The number of hydrogen-bond acceptors (Lipinski definition) is 1. The zero-order chi connectivity index (χ0) is 9.97. The second kappa shape index (κ2) is 4.33. The van der Waals surface area contributed by atoms with Crippen LogP contribution in [0, 0.1) is 5.92 Å². The van der Waals surface area contributed by atoms with Gasteiger partial charge in [0.25, 0.3) is 0 Å². The lowest BCUT2D eigenvalue weighted by Gasteiger charge is -2.01. The first kappa shape index (κ1) is 10.0. The molecule has 1 aromatic carbocycles. The summed E-state index contributed by atoms with van der Waals surface area (Å²) in [6.45, 7) is 4.38. The summed E-state index contributed by atoms with van der Waals surface area (Å²) in [4.78, 5) is 0. The van der Waals surface area contributed by atoms with Gasteiger partial charge in [0, 0.05) is 5.02 Å². The lowest BCUT2D eigenvalue weighted by atomic mass is 10.1. The fourth-order valence-electron chi connectivity index (χ4n) is 1.92. The first-order valence-electron chi connectivity index (χ1n) is 5.27. The molecule has 0 bridgehead atoms. The molecule has 0 heterocycles. The van der Waals surface area contributed by atoms with Crippen LogP contribution in [0.5, 0.6) is 0 Å². The van der Waals surface area contributed by atoms with Crippen LogP contribution in [0.25, 0.3) is 0 Å². The molecule has 2 heteroatoms. The van der Waals surface area contributed by atoms with E-state index in [0.29, 0.717) is 0 Å². The first-order valence-corrected chi connectivity index (χ1v) is 5.65. The molecule has 0 amide bonds. The Hall–Kier alpha value is -0.530. The van der Waals surface area contributed by atoms with Crippen LogP contribution in [0.15, 0.2) is 24.3 Å². The monoisotopic (exact) mass is 209 g/mol. The van der Waals surface area contributed by atoms with Crippen LogP contribution in [-0.4, -0.2) is 13.1 Å². The summed E-state index contributed by atoms with van der Waals surface area (Å²) in [6, 6.07) is 8.27. The number of nitrogens with one attached hydrogen (secondary N) is 1. The molecule has 2 unspecified atom stereocenters. The van der Waals surface area contributed by atoms with E-state index in [0.717, 1.165) is 29.9 Å². The Kier molecular flexibility index (Phi) is 3.09. The third-order valence-corrected chi connectivity index (χ3v) is 3.13. The van der Waals surface area contributed by atoms with Crippen molar-refractivity contribution < 1.29 is 0 Å². The highest BCUT2D eigenvalue weighted by Gasteiger charge is 2.37. The highest BCUT2D eigenvalue weighted by Crippen LogP contribution is 2.46. The average molecular weight is 210 g/mol. The van der Waals surface area contributed by atoms with E-state index in [2.05, 4.69) is 24.4 Å². The predicted molar refractivity (Wildman–Crippen MR) is 60.8 cm³/mol. The summed E-state index contributed by atoms with van der Waals surface area (Å²) in [5.74, 6) is 1.61. The minimum Gasteiger partial charge on any atom is -0.317 e. The summed E-state index contributed by atoms with van der Waals surface area (Å²) in [5, 5.41) is 4.23. The summed E-state index contributed by atoms with van der Waals surface area (Å²) in [7, 11) is 0. The van der Waals surface area contributed by atoms with Gasteiger partial charge in [0.2, 0.25) is 0 Å². The maximum absolute atomic E-state index is 5.84. The van der Waals surface area contributed by atoms with Crippen molar-refractivity contribution in [1.29, 1.82) is 0 Å². The van der Waals surface area contributed by atoms with Gasteiger partial charge in [0.15, 0.2) is 0 Å². The fraction of sp³-hybridized carbons (Fsp3) is 0.500. The van der Waals surface area contributed by atoms with Crippen molar-refractivity contribution >= 4 is 11.6 Å². The molecule has 1 saturated carbocycles. The molecule has 14 heavy (non-hydrogen) atoms. The van der Waals surface area contributed by atoms with E-state index in [4.69, 9.17) is 11.6 Å². The van der Waals surface area contributed by atoms with E-state index >= 15 is 0 Å². The van der Waals surface area contributed by atoms with Crippen LogP contribution in [0.3, 0.4) is 0 Å². The molecule has 0 aliphatic heterocycles. The van der Waals surface area contributed by atoms with Crippen LogP contribution in [-0.2, 0) is 0 Å². The standard InChI is InChI=1S/C12H16ClN/c1-2-14-8-10-7-12(10)9-3-5-11(13)6-4-9/h3-6,10,12,14H,2,7-8H2,1H3. The molecule has 0 saturated heterocycles. The van der Waals surface area contributed by atoms with Crippen LogP contribution in [0.1, 0.15) is 24.8 Å². The summed E-state index contributed by atoms with van der Waals surface area (Å²) >= 11 is 5.84. The Balaban J connectivity index is 1.89. The Bertz CT molecular complexity index is 294. The first-order chi connectivity index (χ1) is 6.81. The Morgan fingerprint density at radius 1 is 1.36 bits per heavy atom. The zero-order valence-corrected chi connectivity index (χ0v) is 9.22. The quantitative estimate of drug-likeness (QED) is 0.804. The topological polar surface area (TPSA) is 12.0 Å². The van der Waals surface area contributed by atoms with Crippen molar-refractivity contribution in [3.05, 3.63) is 34.9 Å². The Morgan fingerprint density at radius 3 is 2.71 bits per heavy atom. The van der Waals surface area contributed by atoms with Gasteiger partial charge in [-0.05, 0) is 49.0 Å². The van der Waals surface area contributed by atoms with Gasteiger partial charge in [-0.2, -0.15) is 0 Å². The van der Waals surface area contributed by atoms with Crippen molar-refractivity contribution in [3.63, 3.8) is 0 Å². The van der Waals surface area contributed by atoms with Gasteiger partial charge in [-0.3, -0.25) is 0 Å². The average Bonchev–Trinajstić information content (AvgIpc) is 2.95. The minimum atomic E-state index is 0.770. The number of rotatable bonds is 4. The van der Waals surface area contributed by atoms with E-state index < -0.39 is 0 Å². The van der Waals surface area contributed by atoms with E-state index in [1.165, 1.54) is 12.0 Å². The highest BCUT2D eigenvalue weighted by atomic mass is 35.5. The molecule has 1 nitrogen and oxygen atoms in total. The molecule has 76 valence electrons. The van der Waals surface area contributed by atoms with Gasteiger partial charge in [-0.25, -0.2) is 0 Å². The zero-order valence-electron chi connectivity index (χ0n) is 8.46. The minimum absolute atomic E-state index is 0.770.